The Labute approximate surface area is 207 Å². The number of halogens is 5. The minimum Gasteiger partial charge on any atom is -0.388 e. The van der Waals surface area contributed by atoms with E-state index in [9.17, 15) is 24.5 Å². The fraction of sp³-hybridized carbons (Fsp3) is 0.577. The summed E-state index contributed by atoms with van der Waals surface area (Å²) in [6.45, 7) is 9.03. The Hall–Kier alpha value is -1.75. The molecule has 3 heterocycles. The number of hydrogen-bond acceptors (Lipinski definition) is 4. The Bertz CT molecular complexity index is 1210. The number of ether oxygens (including phenoxy) is 2. The highest BCUT2D eigenvalue weighted by Crippen LogP contribution is 3.02. The SMILES string of the molecule is CC(C)c1nc2c(c3c1C(c1ccc(S(F)(F)(F)(F)F)cc1)OC31CCOCC1)C(O)CC(C)(C)C2. The van der Waals surface area contributed by atoms with Crippen molar-refractivity contribution in [1.82, 2.24) is 4.98 Å². The van der Waals surface area contributed by atoms with Gasteiger partial charge in [0.2, 0.25) is 0 Å². The lowest BCUT2D eigenvalue weighted by molar-refractivity contribution is -0.122. The molecule has 36 heavy (non-hydrogen) atoms. The third-order valence-electron chi connectivity index (χ3n) is 7.64. The normalized spacial score (nSPS) is 26.9. The molecule has 2 unspecified atom stereocenters. The summed E-state index contributed by atoms with van der Waals surface area (Å²) in [4.78, 5) is 3.07. The van der Waals surface area contributed by atoms with E-state index < -0.39 is 32.9 Å². The van der Waals surface area contributed by atoms with Gasteiger partial charge in [-0.15, -0.1) is 0 Å². The molecule has 0 amide bonds. The van der Waals surface area contributed by atoms with Crippen LogP contribution < -0.4 is 0 Å². The number of benzene rings is 1. The number of nitrogens with zero attached hydrogens (tertiary/aromatic N) is 1. The zero-order valence-electron chi connectivity index (χ0n) is 20.8. The van der Waals surface area contributed by atoms with Crippen molar-refractivity contribution in [3.63, 3.8) is 0 Å². The smallest absolute Gasteiger partial charge is 0.310 e. The number of aliphatic hydroxyl groups is 1. The molecule has 1 fully saturated rings. The number of aliphatic hydroxyl groups excluding tert-OH is 1. The Morgan fingerprint density at radius 2 is 1.61 bits per heavy atom. The van der Waals surface area contributed by atoms with Crippen LogP contribution >= 0.6 is 10.2 Å². The molecule has 3 aliphatic rings. The maximum Gasteiger partial charge on any atom is 0.310 e. The lowest BCUT2D eigenvalue weighted by Gasteiger charge is -2.40. The van der Waals surface area contributed by atoms with Gasteiger partial charge in [-0.3, -0.25) is 4.98 Å². The summed E-state index contributed by atoms with van der Waals surface area (Å²) >= 11 is 0. The van der Waals surface area contributed by atoms with Gasteiger partial charge < -0.3 is 14.6 Å². The fourth-order valence-electron chi connectivity index (χ4n) is 6.07. The molecule has 2 atom stereocenters. The first-order valence-corrected chi connectivity index (χ1v) is 14.2. The summed E-state index contributed by atoms with van der Waals surface area (Å²) in [6, 6.07) is 3.02. The molecule has 2 aromatic rings. The molecule has 1 aromatic heterocycles. The molecule has 0 saturated carbocycles. The van der Waals surface area contributed by atoms with E-state index >= 15 is 0 Å². The third-order valence-corrected chi connectivity index (χ3v) is 8.81. The summed E-state index contributed by atoms with van der Waals surface area (Å²) in [7, 11) is -9.80. The quantitative estimate of drug-likeness (QED) is 0.406. The molecule has 1 aliphatic carbocycles. The van der Waals surface area contributed by atoms with Crippen LogP contribution in [0.25, 0.3) is 0 Å². The molecule has 4 nitrogen and oxygen atoms in total. The summed E-state index contributed by atoms with van der Waals surface area (Å²) in [5.41, 5.74) is 3.35. The first-order chi connectivity index (χ1) is 16.4. The predicted molar refractivity (Wildman–Crippen MR) is 128 cm³/mol. The van der Waals surface area contributed by atoms with Crippen molar-refractivity contribution in [1.29, 1.82) is 0 Å². The van der Waals surface area contributed by atoms with Gasteiger partial charge in [0.15, 0.2) is 0 Å². The molecule has 10 heteroatoms. The van der Waals surface area contributed by atoms with Gasteiger partial charge in [0, 0.05) is 48.6 Å². The zero-order valence-corrected chi connectivity index (χ0v) is 21.6. The van der Waals surface area contributed by atoms with E-state index in [0.29, 0.717) is 56.6 Å². The molecule has 0 radical (unpaired) electrons. The van der Waals surface area contributed by atoms with Crippen molar-refractivity contribution in [2.45, 2.75) is 82.0 Å². The number of pyridine rings is 1. The van der Waals surface area contributed by atoms with Gasteiger partial charge in [-0.25, -0.2) is 0 Å². The Balaban J connectivity index is 1.73. The summed E-state index contributed by atoms with van der Waals surface area (Å²) in [6.07, 6.45) is 0.716. The molecule has 1 spiro atoms. The number of fused-ring (bicyclic) bond motifs is 4. The molecular weight excluding hydrogens is 501 g/mol. The van der Waals surface area contributed by atoms with Crippen molar-refractivity contribution in [2.24, 2.45) is 5.41 Å². The van der Waals surface area contributed by atoms with Crippen LogP contribution in [0.2, 0.25) is 0 Å². The van der Waals surface area contributed by atoms with Gasteiger partial charge in [-0.05, 0) is 47.4 Å². The first-order valence-electron chi connectivity index (χ1n) is 12.3. The largest absolute Gasteiger partial charge is 0.388 e. The lowest BCUT2D eigenvalue weighted by Crippen LogP contribution is -2.37. The zero-order chi connectivity index (χ0) is 26.4. The van der Waals surface area contributed by atoms with Gasteiger partial charge in [0.05, 0.1) is 11.7 Å². The van der Waals surface area contributed by atoms with E-state index in [1.54, 1.807) is 0 Å². The predicted octanol–water partition coefficient (Wildman–Crippen LogP) is 7.99. The second-order valence-corrected chi connectivity index (χ2v) is 13.9. The van der Waals surface area contributed by atoms with Gasteiger partial charge in [0.25, 0.3) is 0 Å². The van der Waals surface area contributed by atoms with Gasteiger partial charge in [-0.1, -0.05) is 59.3 Å². The highest BCUT2D eigenvalue weighted by atomic mass is 32.5. The molecule has 1 N–H and O–H groups in total. The average molecular weight is 534 g/mol. The molecule has 5 rings (SSSR count). The van der Waals surface area contributed by atoms with E-state index in [-0.39, 0.29) is 11.3 Å². The van der Waals surface area contributed by atoms with Gasteiger partial charge in [0.1, 0.15) is 11.0 Å². The summed E-state index contributed by atoms with van der Waals surface area (Å²) in [5, 5.41) is 11.3. The van der Waals surface area contributed by atoms with E-state index in [2.05, 4.69) is 13.8 Å². The van der Waals surface area contributed by atoms with E-state index in [1.165, 1.54) is 0 Å². The molecule has 2 aliphatic heterocycles. The van der Waals surface area contributed by atoms with Crippen LogP contribution in [0.5, 0.6) is 0 Å². The highest BCUT2D eigenvalue weighted by molar-refractivity contribution is 8.45. The Morgan fingerprint density at radius 1 is 1.00 bits per heavy atom. The van der Waals surface area contributed by atoms with E-state index in [4.69, 9.17) is 14.5 Å². The topological polar surface area (TPSA) is 51.6 Å². The van der Waals surface area contributed by atoms with Crippen LogP contribution in [0.3, 0.4) is 0 Å². The van der Waals surface area contributed by atoms with Crippen molar-refractivity contribution < 1.29 is 34.0 Å². The van der Waals surface area contributed by atoms with Crippen LogP contribution in [-0.2, 0) is 21.5 Å². The molecule has 0 bridgehead atoms. The van der Waals surface area contributed by atoms with Crippen LogP contribution in [0.4, 0.5) is 19.4 Å². The monoisotopic (exact) mass is 533 g/mol. The minimum absolute atomic E-state index is 0.0312. The van der Waals surface area contributed by atoms with Crippen LogP contribution in [0, 0.1) is 5.41 Å². The van der Waals surface area contributed by atoms with Crippen LogP contribution in [0.1, 0.15) is 98.7 Å². The van der Waals surface area contributed by atoms with E-state index in [1.807, 2.05) is 13.8 Å². The second kappa shape index (κ2) is 7.42. The van der Waals surface area contributed by atoms with Crippen LogP contribution in [-0.4, -0.2) is 23.3 Å². The molecule has 1 aromatic carbocycles. The lowest BCUT2D eigenvalue weighted by atomic mass is 9.70. The van der Waals surface area contributed by atoms with Crippen molar-refractivity contribution >= 4 is 10.2 Å². The van der Waals surface area contributed by atoms with Crippen LogP contribution in [0.15, 0.2) is 29.2 Å². The van der Waals surface area contributed by atoms with Crippen molar-refractivity contribution in [3.05, 3.63) is 57.9 Å². The molecule has 200 valence electrons. The summed E-state index contributed by atoms with van der Waals surface area (Å²) in [5.74, 6) is -0.0312. The number of aromatic nitrogens is 1. The maximum atomic E-state index is 13.4. The van der Waals surface area contributed by atoms with Crippen molar-refractivity contribution in [3.8, 4) is 0 Å². The minimum atomic E-state index is -9.80. The number of hydrogen-bond donors (Lipinski definition) is 1. The average Bonchev–Trinajstić information content (AvgIpc) is 3.05. The summed E-state index contributed by atoms with van der Waals surface area (Å²) < 4.78 is 79.1. The third kappa shape index (κ3) is 4.33. The first kappa shape index (κ1) is 25.9. The van der Waals surface area contributed by atoms with Gasteiger partial charge in [-0.2, -0.15) is 0 Å². The van der Waals surface area contributed by atoms with E-state index in [0.717, 1.165) is 40.2 Å². The number of rotatable bonds is 3. The van der Waals surface area contributed by atoms with Crippen molar-refractivity contribution in [2.75, 3.05) is 13.2 Å². The standard InChI is InChI=1S/C26H32F5NO3S/c1-15(2)23-21-22(20-18(32-23)13-25(3,4)14-19(20)33)26(9-11-34-12-10-26)35-24(21)16-5-7-17(8-6-16)36(27,28,29,30)31/h5-8,15,19,24,33H,9-14H2,1-4H3. The maximum absolute atomic E-state index is 13.4. The van der Waals surface area contributed by atoms with Gasteiger partial charge >= 0.3 is 10.2 Å². The fourth-order valence-corrected chi connectivity index (χ4v) is 6.72. The Morgan fingerprint density at radius 3 is 2.17 bits per heavy atom. The molecular formula is C26H32F5NO3S. The highest BCUT2D eigenvalue weighted by Gasteiger charge is 2.65. The Kier molecular flexibility index (Phi) is 5.34. The molecule has 1 saturated heterocycles. The second-order valence-electron chi connectivity index (χ2n) is 11.5.